The van der Waals surface area contributed by atoms with Crippen molar-refractivity contribution >= 4 is 11.9 Å². The lowest BCUT2D eigenvalue weighted by Crippen LogP contribution is -2.53. The molecule has 1 aromatic rings. The van der Waals surface area contributed by atoms with Gasteiger partial charge in [0, 0.05) is 57.6 Å². The third-order valence-electron chi connectivity index (χ3n) is 8.34. The number of nitrogens with zero attached hydrogens (tertiary/aromatic N) is 5. The van der Waals surface area contributed by atoms with E-state index in [0.29, 0.717) is 23.4 Å². The largest absolute Gasteiger partial charge is 0.343 e. The van der Waals surface area contributed by atoms with Crippen molar-refractivity contribution < 1.29 is 4.79 Å². The lowest BCUT2D eigenvalue weighted by Gasteiger charge is -2.46. The maximum absolute atomic E-state index is 11.6. The molecular weight excluding hydrogens is 362 g/mol. The number of amides is 1. The highest BCUT2D eigenvalue weighted by atomic mass is 16.2. The number of piperidine rings is 1. The lowest BCUT2D eigenvalue weighted by atomic mass is 9.64. The van der Waals surface area contributed by atoms with E-state index in [1.165, 1.54) is 56.9 Å². The van der Waals surface area contributed by atoms with Gasteiger partial charge in [-0.1, -0.05) is 0 Å². The Balaban J connectivity index is 1.20. The Morgan fingerprint density at radius 2 is 1.55 bits per heavy atom. The van der Waals surface area contributed by atoms with Crippen LogP contribution >= 0.6 is 0 Å². The van der Waals surface area contributed by atoms with Crippen LogP contribution in [-0.4, -0.2) is 71.0 Å². The number of fused-ring (bicyclic) bond motifs is 2. The third-order valence-corrected chi connectivity index (χ3v) is 8.34. The van der Waals surface area contributed by atoms with Gasteiger partial charge in [-0.3, -0.25) is 4.79 Å². The predicted octanol–water partition coefficient (Wildman–Crippen LogP) is 3.05. The number of hydrogen-bond acceptors (Lipinski definition) is 5. The van der Waals surface area contributed by atoms with E-state index in [4.69, 9.17) is 9.97 Å². The summed E-state index contributed by atoms with van der Waals surface area (Å²) in [5.41, 5.74) is 1.80. The molecule has 5 rings (SSSR count). The van der Waals surface area contributed by atoms with Gasteiger partial charge in [0.25, 0.3) is 0 Å². The monoisotopic (exact) mass is 397 g/mol. The Bertz CT molecular complexity index is 718. The van der Waals surface area contributed by atoms with E-state index in [1.54, 1.807) is 6.92 Å². The van der Waals surface area contributed by atoms with Gasteiger partial charge in [-0.15, -0.1) is 0 Å². The minimum absolute atomic E-state index is 0.236. The molecule has 2 bridgehead atoms. The Morgan fingerprint density at radius 3 is 2.10 bits per heavy atom. The van der Waals surface area contributed by atoms with Crippen molar-refractivity contribution in [2.24, 2.45) is 5.41 Å². The van der Waals surface area contributed by atoms with Crippen LogP contribution in [0, 0.1) is 5.41 Å². The maximum atomic E-state index is 11.6. The number of rotatable bonds is 2. The number of carbonyl (C=O) groups excluding carboxylic acids is 1. The predicted molar refractivity (Wildman–Crippen MR) is 114 cm³/mol. The molecule has 2 atom stereocenters. The van der Waals surface area contributed by atoms with E-state index in [-0.39, 0.29) is 5.91 Å². The van der Waals surface area contributed by atoms with Gasteiger partial charge >= 0.3 is 0 Å². The zero-order chi connectivity index (χ0) is 20.0. The number of carbonyl (C=O) groups is 1. The zero-order valence-electron chi connectivity index (χ0n) is 18.0. The van der Waals surface area contributed by atoms with E-state index in [9.17, 15) is 4.79 Å². The number of likely N-dealkylation sites (tertiary alicyclic amines) is 2. The molecule has 1 saturated carbocycles. The van der Waals surface area contributed by atoms with E-state index < -0.39 is 0 Å². The summed E-state index contributed by atoms with van der Waals surface area (Å²) in [6.45, 7) is 5.86. The van der Waals surface area contributed by atoms with Gasteiger partial charge < -0.3 is 14.7 Å². The molecular formula is C23H35N5O. The maximum Gasteiger partial charge on any atom is 0.225 e. The highest BCUT2D eigenvalue weighted by Gasteiger charge is 2.41. The smallest absolute Gasteiger partial charge is 0.225 e. The molecule has 1 aromatic heterocycles. The van der Waals surface area contributed by atoms with E-state index in [0.717, 1.165) is 32.1 Å². The Hall–Kier alpha value is -1.69. The fourth-order valence-electron chi connectivity index (χ4n) is 6.48. The average molecular weight is 398 g/mol. The summed E-state index contributed by atoms with van der Waals surface area (Å²) >= 11 is 0. The molecule has 0 N–H and O–H groups in total. The van der Waals surface area contributed by atoms with Gasteiger partial charge in [0.05, 0.1) is 0 Å². The molecule has 6 nitrogen and oxygen atoms in total. The minimum atomic E-state index is 0.236. The normalized spacial score (nSPS) is 30.1. The summed E-state index contributed by atoms with van der Waals surface area (Å²) in [5.74, 6) is 1.78. The molecule has 3 aliphatic heterocycles. The van der Waals surface area contributed by atoms with E-state index in [1.807, 2.05) is 4.90 Å². The summed E-state index contributed by atoms with van der Waals surface area (Å²) in [6.07, 6.45) is 14.2. The molecule has 2 unspecified atom stereocenters. The second-order valence-corrected chi connectivity index (χ2v) is 10.1. The highest BCUT2D eigenvalue weighted by Crippen LogP contribution is 2.48. The van der Waals surface area contributed by atoms with Crippen LogP contribution in [0.3, 0.4) is 0 Å². The first-order chi connectivity index (χ1) is 14.0. The van der Waals surface area contributed by atoms with Gasteiger partial charge in [0.2, 0.25) is 11.9 Å². The number of likely N-dealkylation sites (N-methyl/N-ethyl adjacent to an activating group) is 1. The number of anilines is 1. The SMILES string of the molecule is CC(=O)N1CCC2(CCC(c3cnc(N4C5CCC4CN(C)C5)nc3)CC2)CC1. The molecule has 1 amide bonds. The molecule has 1 spiro atoms. The molecule has 4 aliphatic rings. The van der Waals surface area contributed by atoms with Crippen molar-refractivity contribution in [3.8, 4) is 0 Å². The summed E-state index contributed by atoms with van der Waals surface area (Å²) in [7, 11) is 2.23. The topological polar surface area (TPSA) is 52.6 Å². The molecule has 158 valence electrons. The zero-order valence-corrected chi connectivity index (χ0v) is 18.0. The van der Waals surface area contributed by atoms with Gasteiger partial charge in [0.15, 0.2) is 0 Å². The molecule has 0 radical (unpaired) electrons. The number of aromatic nitrogens is 2. The molecule has 4 heterocycles. The van der Waals surface area contributed by atoms with Gasteiger partial charge in [0.1, 0.15) is 0 Å². The Kier molecular flexibility index (Phi) is 5.01. The van der Waals surface area contributed by atoms with Crippen molar-refractivity contribution in [3.05, 3.63) is 18.0 Å². The number of piperazine rings is 1. The standard InChI is InChI=1S/C23H35N5O/c1-17(29)27-11-9-23(10-12-27)7-5-18(6-8-23)19-13-24-22(25-14-19)28-20-3-4-21(28)16-26(2)15-20/h13-14,18,20-21H,3-12,15-16H2,1-2H3. The molecule has 3 saturated heterocycles. The van der Waals surface area contributed by atoms with Crippen molar-refractivity contribution in [1.29, 1.82) is 0 Å². The van der Waals surface area contributed by atoms with Crippen LogP contribution in [-0.2, 0) is 4.79 Å². The summed E-state index contributed by atoms with van der Waals surface area (Å²) in [4.78, 5) is 28.2. The minimum Gasteiger partial charge on any atom is -0.343 e. The lowest BCUT2D eigenvalue weighted by molar-refractivity contribution is -0.131. The van der Waals surface area contributed by atoms with E-state index >= 15 is 0 Å². The molecule has 29 heavy (non-hydrogen) atoms. The fraction of sp³-hybridized carbons (Fsp3) is 0.783. The van der Waals surface area contributed by atoms with Crippen molar-refractivity contribution in [1.82, 2.24) is 19.8 Å². The summed E-state index contributed by atoms with van der Waals surface area (Å²) < 4.78 is 0. The van der Waals surface area contributed by atoms with Gasteiger partial charge in [-0.2, -0.15) is 0 Å². The molecule has 0 aromatic carbocycles. The summed E-state index contributed by atoms with van der Waals surface area (Å²) in [5, 5.41) is 0. The van der Waals surface area contributed by atoms with Crippen LogP contribution in [0.2, 0.25) is 0 Å². The Morgan fingerprint density at radius 1 is 0.966 bits per heavy atom. The van der Waals surface area contributed by atoms with Crippen LogP contribution in [0.5, 0.6) is 0 Å². The van der Waals surface area contributed by atoms with Crippen LogP contribution < -0.4 is 4.90 Å². The summed E-state index contributed by atoms with van der Waals surface area (Å²) in [6, 6.07) is 1.17. The van der Waals surface area contributed by atoms with Crippen molar-refractivity contribution in [3.63, 3.8) is 0 Å². The van der Waals surface area contributed by atoms with Crippen LogP contribution in [0.15, 0.2) is 12.4 Å². The first kappa shape index (κ1) is 19.3. The highest BCUT2D eigenvalue weighted by molar-refractivity contribution is 5.73. The molecule has 1 aliphatic carbocycles. The van der Waals surface area contributed by atoms with Gasteiger partial charge in [-0.05, 0) is 75.3 Å². The fourth-order valence-corrected chi connectivity index (χ4v) is 6.48. The second kappa shape index (κ2) is 7.53. The van der Waals surface area contributed by atoms with Crippen molar-refractivity contribution in [2.75, 3.05) is 38.1 Å². The van der Waals surface area contributed by atoms with Crippen LogP contribution in [0.4, 0.5) is 5.95 Å². The van der Waals surface area contributed by atoms with Crippen LogP contribution in [0.25, 0.3) is 0 Å². The first-order valence-corrected chi connectivity index (χ1v) is 11.6. The second-order valence-electron chi connectivity index (χ2n) is 10.1. The Labute approximate surface area is 174 Å². The quantitative estimate of drug-likeness (QED) is 0.768. The first-order valence-electron chi connectivity index (χ1n) is 11.6. The average Bonchev–Trinajstić information content (AvgIpc) is 3.00. The molecule has 6 heteroatoms. The van der Waals surface area contributed by atoms with Crippen molar-refractivity contribution in [2.45, 2.75) is 76.3 Å². The number of hydrogen-bond donors (Lipinski definition) is 0. The molecule has 4 fully saturated rings. The third kappa shape index (κ3) is 3.65. The van der Waals surface area contributed by atoms with Crippen LogP contribution in [0.1, 0.15) is 69.8 Å². The van der Waals surface area contributed by atoms with Gasteiger partial charge in [-0.25, -0.2) is 9.97 Å². The van der Waals surface area contributed by atoms with E-state index in [2.05, 4.69) is 29.2 Å².